The zero-order valence-electron chi connectivity index (χ0n) is 10.2. The molecule has 0 aliphatic carbocycles. The van der Waals surface area contributed by atoms with E-state index < -0.39 is 0 Å². The van der Waals surface area contributed by atoms with Crippen LogP contribution in [0.5, 0.6) is 0 Å². The molecule has 0 saturated carbocycles. The molecule has 19 heavy (non-hydrogen) atoms. The molecule has 0 fully saturated rings. The molecule has 2 aromatic rings. The molecule has 0 amide bonds. The minimum Gasteiger partial charge on any atom is -0.306 e. The Morgan fingerprint density at radius 3 is 2.58 bits per heavy atom. The number of nitrogens with one attached hydrogen (secondary N) is 1. The third-order valence-electron chi connectivity index (χ3n) is 2.57. The van der Waals surface area contributed by atoms with Crippen molar-refractivity contribution in [3.63, 3.8) is 0 Å². The molecular weight excluding hydrogens is 258 g/mol. The van der Waals surface area contributed by atoms with Crippen LogP contribution in [0.15, 0.2) is 53.6 Å². The smallest absolute Gasteiger partial charge is 0.0991 e. The summed E-state index contributed by atoms with van der Waals surface area (Å²) in [6.45, 7) is 0.576. The molecule has 3 nitrogen and oxygen atoms in total. The number of hydrazone groups is 1. The molecular formula is C15H12ClN3. The predicted molar refractivity (Wildman–Crippen MR) is 77.0 cm³/mol. The molecule has 0 spiro atoms. The van der Waals surface area contributed by atoms with E-state index in [0.717, 1.165) is 16.1 Å². The van der Waals surface area contributed by atoms with E-state index in [1.54, 1.807) is 18.3 Å². The number of nitrogens with zero attached hydrogens (tertiary/aromatic N) is 2. The van der Waals surface area contributed by atoms with Gasteiger partial charge in [-0.25, -0.2) is 0 Å². The van der Waals surface area contributed by atoms with Gasteiger partial charge in [0.1, 0.15) is 0 Å². The molecule has 0 aromatic heterocycles. The monoisotopic (exact) mass is 269 g/mol. The van der Waals surface area contributed by atoms with Crippen molar-refractivity contribution in [1.82, 2.24) is 5.43 Å². The predicted octanol–water partition coefficient (Wildman–Crippen LogP) is 3.34. The normalized spacial score (nSPS) is 10.3. The molecule has 2 rings (SSSR count). The first-order valence-corrected chi connectivity index (χ1v) is 6.17. The fraction of sp³-hybridized carbons (Fsp3) is 0.0667. The molecule has 0 bridgehead atoms. The SMILES string of the molecule is N#Cc1ccc(/C=N\NCc2ccccc2Cl)cc1. The summed E-state index contributed by atoms with van der Waals surface area (Å²) in [5.74, 6) is 0. The topological polar surface area (TPSA) is 48.2 Å². The van der Waals surface area contributed by atoms with Crippen molar-refractivity contribution in [3.05, 3.63) is 70.2 Å². The van der Waals surface area contributed by atoms with Crippen LogP contribution in [0.1, 0.15) is 16.7 Å². The lowest BCUT2D eigenvalue weighted by molar-refractivity contribution is 0.748. The summed E-state index contributed by atoms with van der Waals surface area (Å²) >= 11 is 6.03. The first-order chi connectivity index (χ1) is 9.29. The lowest BCUT2D eigenvalue weighted by Gasteiger charge is -2.02. The van der Waals surface area contributed by atoms with Gasteiger partial charge >= 0.3 is 0 Å². The second kappa shape index (κ2) is 6.58. The Labute approximate surface area is 117 Å². The quantitative estimate of drug-likeness (QED) is 0.684. The first-order valence-electron chi connectivity index (χ1n) is 5.79. The van der Waals surface area contributed by atoms with Crippen LogP contribution in [0.2, 0.25) is 5.02 Å². The van der Waals surface area contributed by atoms with E-state index in [9.17, 15) is 0 Å². The Morgan fingerprint density at radius 1 is 1.16 bits per heavy atom. The molecule has 4 heteroatoms. The average molecular weight is 270 g/mol. The van der Waals surface area contributed by atoms with Crippen molar-refractivity contribution in [2.45, 2.75) is 6.54 Å². The second-order valence-electron chi connectivity index (χ2n) is 3.92. The van der Waals surface area contributed by atoms with Crippen LogP contribution in [-0.4, -0.2) is 6.21 Å². The molecule has 2 aromatic carbocycles. The molecule has 0 unspecified atom stereocenters. The molecule has 0 atom stereocenters. The molecule has 94 valence electrons. The highest BCUT2D eigenvalue weighted by Gasteiger charge is 1.96. The number of benzene rings is 2. The van der Waals surface area contributed by atoms with Crippen LogP contribution in [0.3, 0.4) is 0 Å². The van der Waals surface area contributed by atoms with Gasteiger partial charge in [0, 0.05) is 5.02 Å². The van der Waals surface area contributed by atoms with Gasteiger partial charge in [0.25, 0.3) is 0 Å². The van der Waals surface area contributed by atoms with Gasteiger partial charge in [-0.05, 0) is 29.3 Å². The molecule has 0 aliphatic rings. The molecule has 0 radical (unpaired) electrons. The summed E-state index contributed by atoms with van der Waals surface area (Å²) < 4.78 is 0. The standard InChI is InChI=1S/C15H12ClN3/c16-15-4-2-1-3-14(15)11-19-18-10-13-7-5-12(9-17)6-8-13/h1-8,10,19H,11H2/b18-10-. The van der Waals surface area contributed by atoms with E-state index in [0.29, 0.717) is 12.1 Å². The van der Waals surface area contributed by atoms with E-state index in [-0.39, 0.29) is 0 Å². The number of hydrogen-bond donors (Lipinski definition) is 1. The number of halogens is 1. The Balaban J connectivity index is 1.90. The summed E-state index contributed by atoms with van der Waals surface area (Å²) in [7, 11) is 0. The molecule has 0 saturated heterocycles. The van der Waals surface area contributed by atoms with Crippen molar-refractivity contribution in [2.75, 3.05) is 0 Å². The summed E-state index contributed by atoms with van der Waals surface area (Å²) in [6, 6.07) is 16.9. The van der Waals surface area contributed by atoms with E-state index in [2.05, 4.69) is 16.6 Å². The van der Waals surface area contributed by atoms with Crippen LogP contribution in [0.4, 0.5) is 0 Å². The number of rotatable bonds is 4. The Morgan fingerprint density at radius 2 is 1.89 bits per heavy atom. The van der Waals surface area contributed by atoms with Crippen molar-refractivity contribution < 1.29 is 0 Å². The maximum atomic E-state index is 8.69. The van der Waals surface area contributed by atoms with E-state index in [1.165, 1.54) is 0 Å². The Bertz CT molecular complexity index is 612. The van der Waals surface area contributed by atoms with E-state index in [4.69, 9.17) is 16.9 Å². The first kappa shape index (κ1) is 13.1. The summed E-state index contributed by atoms with van der Waals surface area (Å²) in [5.41, 5.74) is 5.52. The maximum absolute atomic E-state index is 8.69. The Hall–Kier alpha value is -2.31. The minimum atomic E-state index is 0.576. The van der Waals surface area contributed by atoms with Crippen LogP contribution in [0.25, 0.3) is 0 Å². The number of nitriles is 1. The van der Waals surface area contributed by atoms with E-state index >= 15 is 0 Å². The van der Waals surface area contributed by atoms with Gasteiger partial charge in [0.2, 0.25) is 0 Å². The van der Waals surface area contributed by atoms with Gasteiger partial charge in [0.15, 0.2) is 0 Å². The molecule has 1 N–H and O–H groups in total. The van der Waals surface area contributed by atoms with Gasteiger partial charge in [-0.2, -0.15) is 10.4 Å². The third-order valence-corrected chi connectivity index (χ3v) is 2.94. The third kappa shape index (κ3) is 3.84. The van der Waals surface area contributed by atoms with Gasteiger partial charge in [-0.15, -0.1) is 0 Å². The molecule has 0 aliphatic heterocycles. The maximum Gasteiger partial charge on any atom is 0.0991 e. The van der Waals surface area contributed by atoms with Gasteiger partial charge < -0.3 is 5.43 Å². The highest BCUT2D eigenvalue weighted by molar-refractivity contribution is 6.31. The van der Waals surface area contributed by atoms with Crippen LogP contribution in [-0.2, 0) is 6.54 Å². The second-order valence-corrected chi connectivity index (χ2v) is 4.33. The lowest BCUT2D eigenvalue weighted by Crippen LogP contribution is -2.05. The Kier molecular flexibility index (Phi) is 4.54. The fourth-order valence-electron chi connectivity index (χ4n) is 1.54. The fourth-order valence-corrected chi connectivity index (χ4v) is 1.74. The largest absolute Gasteiger partial charge is 0.306 e. The van der Waals surface area contributed by atoms with Crippen LogP contribution >= 0.6 is 11.6 Å². The van der Waals surface area contributed by atoms with Gasteiger partial charge in [-0.1, -0.05) is 41.9 Å². The summed E-state index contributed by atoms with van der Waals surface area (Å²) in [6.07, 6.45) is 1.71. The zero-order valence-corrected chi connectivity index (χ0v) is 10.9. The summed E-state index contributed by atoms with van der Waals surface area (Å²) in [4.78, 5) is 0. The van der Waals surface area contributed by atoms with Crippen molar-refractivity contribution in [1.29, 1.82) is 5.26 Å². The van der Waals surface area contributed by atoms with E-state index in [1.807, 2.05) is 36.4 Å². The highest BCUT2D eigenvalue weighted by atomic mass is 35.5. The lowest BCUT2D eigenvalue weighted by atomic mass is 10.2. The average Bonchev–Trinajstić information content (AvgIpc) is 2.46. The van der Waals surface area contributed by atoms with Crippen molar-refractivity contribution in [3.8, 4) is 6.07 Å². The van der Waals surface area contributed by atoms with Crippen LogP contribution in [0, 0.1) is 11.3 Å². The number of hydrogen-bond acceptors (Lipinski definition) is 3. The van der Waals surface area contributed by atoms with Gasteiger partial charge in [0.05, 0.1) is 24.4 Å². The van der Waals surface area contributed by atoms with Crippen molar-refractivity contribution in [2.24, 2.45) is 5.10 Å². The molecule has 0 heterocycles. The van der Waals surface area contributed by atoms with Gasteiger partial charge in [-0.3, -0.25) is 0 Å². The van der Waals surface area contributed by atoms with Crippen molar-refractivity contribution >= 4 is 17.8 Å². The summed E-state index contributed by atoms with van der Waals surface area (Å²) in [5, 5.41) is 13.5. The highest BCUT2D eigenvalue weighted by Crippen LogP contribution is 2.14. The minimum absolute atomic E-state index is 0.576. The van der Waals surface area contributed by atoms with Crippen LogP contribution < -0.4 is 5.43 Å². The zero-order chi connectivity index (χ0) is 13.5.